The molecule has 0 bridgehead atoms. The van der Waals surface area contributed by atoms with Gasteiger partial charge in [0.2, 0.25) is 0 Å². The maximum Gasteiger partial charge on any atom is 0.258 e. The summed E-state index contributed by atoms with van der Waals surface area (Å²) in [5.41, 5.74) is 6.44. The Bertz CT molecular complexity index is 623. The van der Waals surface area contributed by atoms with Crippen LogP contribution in [0.4, 0.5) is 4.39 Å². The first-order chi connectivity index (χ1) is 9.58. The molecule has 106 valence electrons. The summed E-state index contributed by atoms with van der Waals surface area (Å²) in [6.07, 6.45) is 5.05. The topological polar surface area (TPSA) is 64.9 Å². The summed E-state index contributed by atoms with van der Waals surface area (Å²) in [4.78, 5) is 4.36. The van der Waals surface area contributed by atoms with Crippen LogP contribution in [0.2, 0.25) is 5.02 Å². The van der Waals surface area contributed by atoms with E-state index in [1.54, 1.807) is 6.07 Å². The Morgan fingerprint density at radius 2 is 2.00 bits per heavy atom. The summed E-state index contributed by atoms with van der Waals surface area (Å²) in [5, 5.41) is 4.02. The fourth-order valence-corrected chi connectivity index (χ4v) is 2.76. The van der Waals surface area contributed by atoms with Crippen LogP contribution in [0.1, 0.15) is 37.9 Å². The van der Waals surface area contributed by atoms with Gasteiger partial charge in [-0.15, -0.1) is 0 Å². The van der Waals surface area contributed by atoms with Crippen LogP contribution in [0, 0.1) is 5.82 Å². The largest absolute Gasteiger partial charge is 0.334 e. The van der Waals surface area contributed by atoms with Gasteiger partial charge in [-0.3, -0.25) is 0 Å². The normalized spacial score (nSPS) is 18.1. The maximum atomic E-state index is 13.2. The van der Waals surface area contributed by atoms with E-state index in [-0.39, 0.29) is 5.02 Å². The van der Waals surface area contributed by atoms with Gasteiger partial charge in [0, 0.05) is 5.56 Å². The Kier molecular flexibility index (Phi) is 3.48. The molecule has 0 amide bonds. The number of aromatic nitrogens is 2. The molecule has 0 atom stereocenters. The van der Waals surface area contributed by atoms with Crippen LogP contribution in [-0.2, 0) is 5.54 Å². The van der Waals surface area contributed by atoms with Crippen LogP contribution in [0.25, 0.3) is 11.5 Å². The first-order valence-electron chi connectivity index (χ1n) is 6.67. The van der Waals surface area contributed by atoms with Gasteiger partial charge in [-0.05, 0) is 31.0 Å². The van der Waals surface area contributed by atoms with Gasteiger partial charge >= 0.3 is 0 Å². The summed E-state index contributed by atoms with van der Waals surface area (Å²) in [6, 6.07) is 4.31. The summed E-state index contributed by atoms with van der Waals surface area (Å²) < 4.78 is 18.4. The van der Waals surface area contributed by atoms with E-state index in [9.17, 15) is 4.39 Å². The van der Waals surface area contributed by atoms with E-state index < -0.39 is 11.4 Å². The van der Waals surface area contributed by atoms with Crippen molar-refractivity contribution in [3.05, 3.63) is 34.9 Å². The highest BCUT2D eigenvalue weighted by Gasteiger charge is 2.34. The van der Waals surface area contributed by atoms with E-state index in [1.807, 2.05) is 0 Å². The first-order valence-corrected chi connectivity index (χ1v) is 7.05. The molecule has 0 aliphatic heterocycles. The second-order valence-corrected chi connectivity index (χ2v) is 5.68. The van der Waals surface area contributed by atoms with Gasteiger partial charge in [0.15, 0.2) is 5.82 Å². The lowest BCUT2D eigenvalue weighted by atomic mass is 9.82. The predicted molar refractivity (Wildman–Crippen MR) is 73.7 cm³/mol. The maximum absolute atomic E-state index is 13.2. The van der Waals surface area contributed by atoms with Crippen LogP contribution in [0.15, 0.2) is 22.7 Å². The highest BCUT2D eigenvalue weighted by molar-refractivity contribution is 6.31. The van der Waals surface area contributed by atoms with E-state index >= 15 is 0 Å². The monoisotopic (exact) mass is 295 g/mol. The second kappa shape index (κ2) is 5.14. The lowest BCUT2D eigenvalue weighted by molar-refractivity contribution is 0.275. The predicted octanol–water partition coefficient (Wildman–Crippen LogP) is 3.65. The Balaban J connectivity index is 1.91. The molecule has 6 heteroatoms. The van der Waals surface area contributed by atoms with Crippen molar-refractivity contribution < 1.29 is 8.91 Å². The number of halogens is 2. The smallest absolute Gasteiger partial charge is 0.258 e. The minimum atomic E-state index is -0.510. The fraction of sp³-hybridized carbons (Fsp3) is 0.429. The fourth-order valence-electron chi connectivity index (χ4n) is 2.58. The van der Waals surface area contributed by atoms with Crippen LogP contribution in [0.3, 0.4) is 0 Å². The zero-order chi connectivity index (χ0) is 14.2. The first kappa shape index (κ1) is 13.5. The van der Waals surface area contributed by atoms with E-state index in [0.29, 0.717) is 17.3 Å². The highest BCUT2D eigenvalue weighted by atomic mass is 35.5. The number of benzene rings is 1. The zero-order valence-electron chi connectivity index (χ0n) is 10.9. The average molecular weight is 296 g/mol. The minimum Gasteiger partial charge on any atom is -0.334 e. The van der Waals surface area contributed by atoms with Crippen LogP contribution >= 0.6 is 11.6 Å². The van der Waals surface area contributed by atoms with Crippen LogP contribution < -0.4 is 5.73 Å². The van der Waals surface area contributed by atoms with Gasteiger partial charge in [-0.2, -0.15) is 4.98 Å². The minimum absolute atomic E-state index is 0.0300. The third kappa shape index (κ3) is 2.43. The SMILES string of the molecule is NC1(c2noc(-c3ccc(F)c(Cl)c3)n2)CCCCC1. The molecular weight excluding hydrogens is 281 g/mol. The molecule has 20 heavy (non-hydrogen) atoms. The molecule has 1 heterocycles. The molecule has 3 rings (SSSR count). The van der Waals surface area contributed by atoms with Crippen molar-refractivity contribution in [2.45, 2.75) is 37.6 Å². The molecule has 0 saturated heterocycles. The molecule has 1 fully saturated rings. The highest BCUT2D eigenvalue weighted by Crippen LogP contribution is 2.34. The number of rotatable bonds is 2. The van der Waals surface area contributed by atoms with E-state index in [2.05, 4.69) is 10.1 Å². The van der Waals surface area contributed by atoms with Crippen molar-refractivity contribution in [2.75, 3.05) is 0 Å². The molecule has 4 nitrogen and oxygen atoms in total. The lowest BCUT2D eigenvalue weighted by Gasteiger charge is -2.29. The zero-order valence-corrected chi connectivity index (χ0v) is 11.7. The number of hydrogen-bond acceptors (Lipinski definition) is 4. The summed E-state index contributed by atoms with van der Waals surface area (Å²) in [7, 11) is 0. The van der Waals surface area contributed by atoms with Crippen LogP contribution in [0.5, 0.6) is 0 Å². The third-order valence-electron chi connectivity index (χ3n) is 3.78. The molecule has 0 spiro atoms. The Morgan fingerprint density at radius 1 is 1.25 bits per heavy atom. The summed E-state index contributed by atoms with van der Waals surface area (Å²) in [6.45, 7) is 0. The summed E-state index contributed by atoms with van der Waals surface area (Å²) in [5.74, 6) is 0.364. The summed E-state index contributed by atoms with van der Waals surface area (Å²) >= 11 is 5.76. The molecule has 2 N–H and O–H groups in total. The molecule has 2 aromatic rings. The van der Waals surface area contributed by atoms with Gasteiger partial charge in [-0.1, -0.05) is 36.0 Å². The quantitative estimate of drug-likeness (QED) is 0.918. The molecule has 1 aliphatic rings. The molecule has 1 aromatic carbocycles. The number of hydrogen-bond donors (Lipinski definition) is 1. The molecule has 0 unspecified atom stereocenters. The Morgan fingerprint density at radius 3 is 2.70 bits per heavy atom. The molecule has 1 saturated carbocycles. The Labute approximate surface area is 121 Å². The molecule has 1 aliphatic carbocycles. The van der Waals surface area contributed by atoms with E-state index in [1.165, 1.54) is 18.6 Å². The van der Waals surface area contributed by atoms with Gasteiger partial charge in [0.25, 0.3) is 5.89 Å². The van der Waals surface area contributed by atoms with Gasteiger partial charge in [-0.25, -0.2) is 4.39 Å². The van der Waals surface area contributed by atoms with E-state index in [4.69, 9.17) is 21.9 Å². The van der Waals surface area contributed by atoms with Gasteiger partial charge in [0.05, 0.1) is 10.6 Å². The van der Waals surface area contributed by atoms with E-state index in [0.717, 1.165) is 25.7 Å². The van der Waals surface area contributed by atoms with Crippen molar-refractivity contribution in [1.29, 1.82) is 0 Å². The third-order valence-corrected chi connectivity index (χ3v) is 4.07. The van der Waals surface area contributed by atoms with Crippen molar-refractivity contribution in [3.63, 3.8) is 0 Å². The standard InChI is InChI=1S/C14H15ClFN3O/c15-10-8-9(4-5-11(10)16)12-18-13(19-20-12)14(17)6-2-1-3-7-14/h4-5,8H,1-3,6-7,17H2. The molecular formula is C14H15ClFN3O. The van der Waals surface area contributed by atoms with Crippen molar-refractivity contribution in [3.8, 4) is 11.5 Å². The molecule has 1 aromatic heterocycles. The van der Waals surface area contributed by atoms with Crippen molar-refractivity contribution in [1.82, 2.24) is 10.1 Å². The molecule has 0 radical (unpaired) electrons. The average Bonchev–Trinajstić information content (AvgIpc) is 2.93. The Hall–Kier alpha value is -1.46. The second-order valence-electron chi connectivity index (χ2n) is 5.27. The van der Waals surface area contributed by atoms with Crippen LogP contribution in [-0.4, -0.2) is 10.1 Å². The number of nitrogens with two attached hydrogens (primary N) is 1. The van der Waals surface area contributed by atoms with Crippen molar-refractivity contribution in [2.24, 2.45) is 5.73 Å². The van der Waals surface area contributed by atoms with Gasteiger partial charge in [0.1, 0.15) is 5.82 Å². The van der Waals surface area contributed by atoms with Gasteiger partial charge < -0.3 is 10.3 Å². The lowest BCUT2D eigenvalue weighted by Crippen LogP contribution is -2.39. The number of nitrogens with zero attached hydrogens (tertiary/aromatic N) is 2. The van der Waals surface area contributed by atoms with Crippen molar-refractivity contribution >= 4 is 11.6 Å².